The molecule has 25 heavy (non-hydrogen) atoms. The van der Waals surface area contributed by atoms with Gasteiger partial charge < -0.3 is 9.64 Å². The van der Waals surface area contributed by atoms with Crippen molar-refractivity contribution in [3.63, 3.8) is 0 Å². The molecule has 140 valence electrons. The third-order valence-corrected chi connectivity index (χ3v) is 6.28. The molecule has 1 aromatic rings. The molecule has 2 rings (SSSR count). The molecule has 1 amide bonds. The van der Waals surface area contributed by atoms with Gasteiger partial charge in [-0.15, -0.1) is 0 Å². The molecule has 1 aliphatic heterocycles. The number of rotatable bonds is 6. The molecular weight excluding hydrogens is 434 g/mol. The molecular formula is C15H21BrClN3O4S. The van der Waals surface area contributed by atoms with E-state index in [2.05, 4.69) is 25.6 Å². The minimum atomic E-state index is -3.75. The van der Waals surface area contributed by atoms with E-state index >= 15 is 0 Å². The van der Waals surface area contributed by atoms with Crippen molar-refractivity contribution in [2.75, 3.05) is 46.4 Å². The Morgan fingerprint density at radius 1 is 1.32 bits per heavy atom. The fourth-order valence-corrected chi connectivity index (χ4v) is 5.04. The highest BCUT2D eigenvalue weighted by molar-refractivity contribution is 9.10. The summed E-state index contributed by atoms with van der Waals surface area (Å²) in [7, 11) is -2.35. The van der Waals surface area contributed by atoms with Crippen molar-refractivity contribution in [2.45, 2.75) is 11.8 Å². The fraction of sp³-hybridized carbons (Fsp3) is 0.533. The second-order valence-corrected chi connectivity index (χ2v) is 8.69. The number of carbonyl (C=O) groups is 1. The van der Waals surface area contributed by atoms with Gasteiger partial charge in [-0.05, 0) is 28.1 Å². The normalized spacial score (nSPS) is 16.1. The van der Waals surface area contributed by atoms with Gasteiger partial charge in [0.2, 0.25) is 15.9 Å². The molecule has 0 saturated carbocycles. The van der Waals surface area contributed by atoms with Crippen LogP contribution in [-0.4, -0.2) is 70.5 Å². The van der Waals surface area contributed by atoms with Crippen molar-refractivity contribution in [3.05, 3.63) is 21.6 Å². The van der Waals surface area contributed by atoms with E-state index in [4.69, 9.17) is 16.3 Å². The molecule has 1 aliphatic rings. The zero-order valence-corrected chi connectivity index (χ0v) is 17.2. The van der Waals surface area contributed by atoms with Gasteiger partial charge in [0, 0.05) is 51.2 Å². The highest BCUT2D eigenvalue weighted by Gasteiger charge is 2.23. The lowest BCUT2D eigenvalue weighted by Gasteiger charge is -2.34. The van der Waals surface area contributed by atoms with Crippen LogP contribution < -0.4 is 9.46 Å². The molecule has 1 saturated heterocycles. The predicted molar refractivity (Wildman–Crippen MR) is 99.6 cm³/mol. The first-order chi connectivity index (χ1) is 11.7. The van der Waals surface area contributed by atoms with Crippen molar-refractivity contribution in [1.82, 2.24) is 14.5 Å². The molecule has 0 bridgehead atoms. The monoisotopic (exact) mass is 453 g/mol. The van der Waals surface area contributed by atoms with Crippen LogP contribution in [0.1, 0.15) is 6.92 Å². The van der Waals surface area contributed by atoms with Crippen molar-refractivity contribution in [3.8, 4) is 5.75 Å². The molecule has 0 radical (unpaired) electrons. The summed E-state index contributed by atoms with van der Waals surface area (Å²) < 4.78 is 33.3. The van der Waals surface area contributed by atoms with Gasteiger partial charge in [-0.25, -0.2) is 13.1 Å². The SMILES string of the molecule is COc1c(Br)cc(Cl)cc1S(=O)(=O)NCCN1CCN(C(C)=O)CC1. The van der Waals surface area contributed by atoms with Crippen LogP contribution in [0.5, 0.6) is 5.75 Å². The average molecular weight is 455 g/mol. The molecule has 10 heteroatoms. The number of methoxy groups -OCH3 is 1. The van der Waals surface area contributed by atoms with Gasteiger partial charge >= 0.3 is 0 Å². The fourth-order valence-electron chi connectivity index (χ4n) is 2.64. The van der Waals surface area contributed by atoms with E-state index in [1.807, 2.05) is 0 Å². The van der Waals surface area contributed by atoms with Crippen LogP contribution in [0.3, 0.4) is 0 Å². The molecule has 0 atom stereocenters. The maximum atomic E-state index is 12.6. The lowest BCUT2D eigenvalue weighted by Crippen LogP contribution is -2.49. The van der Waals surface area contributed by atoms with Crippen LogP contribution in [0.15, 0.2) is 21.5 Å². The second-order valence-electron chi connectivity index (χ2n) is 5.66. The molecule has 1 fully saturated rings. The summed E-state index contributed by atoms with van der Waals surface area (Å²) in [5, 5.41) is 0.299. The Morgan fingerprint density at radius 3 is 2.52 bits per heavy atom. The first-order valence-electron chi connectivity index (χ1n) is 7.75. The topological polar surface area (TPSA) is 79.0 Å². The lowest BCUT2D eigenvalue weighted by molar-refractivity contribution is -0.130. The summed E-state index contributed by atoms with van der Waals surface area (Å²) >= 11 is 9.22. The number of nitrogens with zero attached hydrogens (tertiary/aromatic N) is 2. The van der Waals surface area contributed by atoms with Crippen molar-refractivity contribution in [1.29, 1.82) is 0 Å². The lowest BCUT2D eigenvalue weighted by atomic mass is 10.3. The van der Waals surface area contributed by atoms with Gasteiger partial charge in [0.15, 0.2) is 5.75 Å². The van der Waals surface area contributed by atoms with Crippen LogP contribution in [0.25, 0.3) is 0 Å². The van der Waals surface area contributed by atoms with Gasteiger partial charge in [0.05, 0.1) is 11.6 Å². The molecule has 0 aliphatic carbocycles. The standard InChI is InChI=1S/C15H21BrClN3O4S/c1-11(21)20-7-5-19(6-8-20)4-3-18-25(22,23)14-10-12(17)9-13(16)15(14)24-2/h9-10,18H,3-8H2,1-2H3. The van der Waals surface area contributed by atoms with Crippen molar-refractivity contribution in [2.24, 2.45) is 0 Å². The summed E-state index contributed by atoms with van der Waals surface area (Å²) in [4.78, 5) is 15.2. The number of carbonyl (C=O) groups excluding carboxylic acids is 1. The summed E-state index contributed by atoms with van der Waals surface area (Å²) in [6.07, 6.45) is 0. The zero-order chi connectivity index (χ0) is 18.6. The first kappa shape index (κ1) is 20.4. The number of halogens is 2. The van der Waals surface area contributed by atoms with E-state index in [0.717, 1.165) is 13.1 Å². The van der Waals surface area contributed by atoms with Gasteiger partial charge in [0.25, 0.3) is 0 Å². The maximum absolute atomic E-state index is 12.6. The van der Waals surface area contributed by atoms with Crippen LogP contribution in [-0.2, 0) is 14.8 Å². The molecule has 1 heterocycles. The third kappa shape index (κ3) is 5.30. The number of sulfonamides is 1. The minimum Gasteiger partial charge on any atom is -0.494 e. The molecule has 0 aromatic heterocycles. The van der Waals surface area contributed by atoms with E-state index in [0.29, 0.717) is 29.1 Å². The third-order valence-electron chi connectivity index (χ3n) is 4.01. The highest BCUT2D eigenvalue weighted by Crippen LogP contribution is 2.35. The smallest absolute Gasteiger partial charge is 0.244 e. The number of amides is 1. The first-order valence-corrected chi connectivity index (χ1v) is 10.4. The molecule has 1 aromatic carbocycles. The zero-order valence-electron chi connectivity index (χ0n) is 14.1. The quantitative estimate of drug-likeness (QED) is 0.706. The van der Waals surface area contributed by atoms with Crippen LogP contribution in [0, 0.1) is 0 Å². The Balaban J connectivity index is 1.96. The van der Waals surface area contributed by atoms with Crippen LogP contribution >= 0.6 is 27.5 Å². The van der Waals surface area contributed by atoms with E-state index in [1.165, 1.54) is 13.2 Å². The molecule has 1 N–H and O–H groups in total. The molecule has 0 spiro atoms. The summed E-state index contributed by atoms with van der Waals surface area (Å²) in [5.74, 6) is 0.283. The summed E-state index contributed by atoms with van der Waals surface area (Å²) in [5.41, 5.74) is 0. The van der Waals surface area contributed by atoms with Gasteiger partial charge in [-0.1, -0.05) is 11.6 Å². The minimum absolute atomic E-state index is 0.00391. The maximum Gasteiger partial charge on any atom is 0.244 e. The number of hydrogen-bond acceptors (Lipinski definition) is 5. The van der Waals surface area contributed by atoms with E-state index in [-0.39, 0.29) is 23.1 Å². The second kappa shape index (κ2) is 8.68. The Labute approximate surface area is 161 Å². The average Bonchev–Trinajstić information content (AvgIpc) is 2.54. The number of benzene rings is 1. The van der Waals surface area contributed by atoms with Crippen molar-refractivity contribution >= 4 is 43.5 Å². The Hall–Kier alpha value is -0.870. The highest BCUT2D eigenvalue weighted by atomic mass is 79.9. The van der Waals surface area contributed by atoms with Gasteiger partial charge in [-0.3, -0.25) is 9.69 Å². The number of ether oxygens (including phenoxy) is 1. The molecule has 7 nitrogen and oxygen atoms in total. The van der Waals surface area contributed by atoms with E-state index in [9.17, 15) is 13.2 Å². The van der Waals surface area contributed by atoms with Crippen molar-refractivity contribution < 1.29 is 17.9 Å². The summed E-state index contributed by atoms with van der Waals surface area (Å²) in [6, 6.07) is 2.94. The summed E-state index contributed by atoms with van der Waals surface area (Å²) in [6.45, 7) is 5.17. The Bertz CT molecular complexity index is 737. The number of hydrogen-bond donors (Lipinski definition) is 1. The Kier molecular flexibility index (Phi) is 7.10. The van der Waals surface area contributed by atoms with Gasteiger partial charge in [0.1, 0.15) is 4.90 Å². The van der Waals surface area contributed by atoms with Crippen LogP contribution in [0.4, 0.5) is 0 Å². The largest absolute Gasteiger partial charge is 0.494 e. The van der Waals surface area contributed by atoms with Gasteiger partial charge in [-0.2, -0.15) is 0 Å². The molecule has 0 unspecified atom stereocenters. The predicted octanol–water partition coefficient (Wildman–Crippen LogP) is 1.55. The van der Waals surface area contributed by atoms with Crippen LogP contribution in [0.2, 0.25) is 5.02 Å². The number of nitrogens with one attached hydrogen (secondary N) is 1. The van der Waals surface area contributed by atoms with E-state index in [1.54, 1.807) is 17.9 Å². The van der Waals surface area contributed by atoms with E-state index < -0.39 is 10.0 Å². The number of piperazine rings is 1. The Morgan fingerprint density at radius 2 is 1.96 bits per heavy atom.